The number of fused-ring (bicyclic) bond motifs is 5. The summed E-state index contributed by atoms with van der Waals surface area (Å²) in [7, 11) is 0. The van der Waals surface area contributed by atoms with Crippen LogP contribution in [0.2, 0.25) is 0 Å². The number of hydrogen-bond acceptors (Lipinski definition) is 4. The van der Waals surface area contributed by atoms with Gasteiger partial charge in [0.25, 0.3) is 0 Å². The number of halogens is 1. The summed E-state index contributed by atoms with van der Waals surface area (Å²) in [5.41, 5.74) is 2.80. The van der Waals surface area contributed by atoms with Gasteiger partial charge in [-0.15, -0.1) is 0 Å². The van der Waals surface area contributed by atoms with Gasteiger partial charge in [0.2, 0.25) is 0 Å². The van der Waals surface area contributed by atoms with E-state index in [1.165, 1.54) is 12.1 Å². The molecule has 4 aromatic rings. The van der Waals surface area contributed by atoms with Gasteiger partial charge < -0.3 is 4.90 Å². The predicted octanol–water partition coefficient (Wildman–Crippen LogP) is 7.27. The van der Waals surface area contributed by atoms with Gasteiger partial charge in [0.05, 0.1) is 6.04 Å². The Morgan fingerprint density at radius 1 is 0.829 bits per heavy atom. The van der Waals surface area contributed by atoms with E-state index in [2.05, 4.69) is 13.8 Å². The zero-order chi connectivity index (χ0) is 28.5. The van der Waals surface area contributed by atoms with Crippen LogP contribution in [0.25, 0.3) is 6.08 Å². The molecule has 5 heteroatoms. The van der Waals surface area contributed by atoms with Crippen molar-refractivity contribution in [2.24, 2.45) is 5.41 Å². The molecule has 0 aromatic heterocycles. The Morgan fingerprint density at radius 3 is 2.10 bits per heavy atom. The second-order valence-electron chi connectivity index (χ2n) is 11.5. The summed E-state index contributed by atoms with van der Waals surface area (Å²) >= 11 is 0. The van der Waals surface area contributed by atoms with Gasteiger partial charge in [-0.25, -0.2) is 4.39 Å². The number of ketones is 3. The average Bonchev–Trinajstić information content (AvgIpc) is 3.43. The maximum Gasteiger partial charge on any atom is 0.185 e. The van der Waals surface area contributed by atoms with Crippen LogP contribution in [0.1, 0.15) is 73.4 Å². The van der Waals surface area contributed by atoms with Crippen molar-refractivity contribution < 1.29 is 18.8 Å². The fraction of sp³-hybridized carbons (Fsp3) is 0.194. The molecule has 1 fully saturated rings. The highest BCUT2D eigenvalue weighted by molar-refractivity contribution is 6.32. The summed E-state index contributed by atoms with van der Waals surface area (Å²) in [6.07, 6.45) is 3.59. The normalized spacial score (nSPS) is 21.8. The molecule has 4 nitrogen and oxygen atoms in total. The molecule has 7 rings (SSSR count). The van der Waals surface area contributed by atoms with Crippen LogP contribution in [0.4, 0.5) is 10.1 Å². The van der Waals surface area contributed by atoms with Gasteiger partial charge in [-0.2, -0.15) is 0 Å². The lowest BCUT2D eigenvalue weighted by molar-refractivity contribution is 0.0666. The first-order valence-corrected chi connectivity index (χ1v) is 14.0. The third-order valence-corrected chi connectivity index (χ3v) is 9.05. The molecule has 2 heterocycles. The molecule has 0 N–H and O–H groups in total. The molecule has 41 heavy (non-hydrogen) atoms. The average molecular weight is 542 g/mol. The molecule has 2 aliphatic heterocycles. The summed E-state index contributed by atoms with van der Waals surface area (Å²) in [6.45, 7) is 4.21. The molecule has 1 spiro atoms. The third kappa shape index (κ3) is 3.48. The third-order valence-electron chi connectivity index (χ3n) is 9.05. The van der Waals surface area contributed by atoms with Gasteiger partial charge in [0.1, 0.15) is 17.3 Å². The molecule has 1 saturated heterocycles. The smallest absolute Gasteiger partial charge is 0.185 e. The highest BCUT2D eigenvalue weighted by atomic mass is 19.1. The van der Waals surface area contributed by atoms with Gasteiger partial charge in [0, 0.05) is 33.9 Å². The molecule has 0 bridgehead atoms. The lowest BCUT2D eigenvalue weighted by Crippen LogP contribution is -2.48. The maximum absolute atomic E-state index is 14.7. The second kappa shape index (κ2) is 9.20. The molecule has 0 saturated carbocycles. The number of nitrogens with zero attached hydrogens (tertiary/aromatic N) is 1. The van der Waals surface area contributed by atoms with Crippen LogP contribution in [0.3, 0.4) is 0 Å². The molecule has 1 aliphatic carbocycles. The van der Waals surface area contributed by atoms with Crippen molar-refractivity contribution >= 4 is 29.1 Å². The van der Waals surface area contributed by atoms with Crippen molar-refractivity contribution in [2.75, 3.05) is 4.90 Å². The molecule has 3 atom stereocenters. The minimum absolute atomic E-state index is 0.187. The Morgan fingerprint density at radius 2 is 1.46 bits per heavy atom. The Kier molecular flexibility index (Phi) is 5.69. The SMILES string of the molecule is CC(C)c1ccc([C@H]2[C@H](C(=O)c3ccccc3)N3c4ccc(F)cc4C=CC3C23C(=O)c2ccccc2C3=O)cc1. The summed E-state index contributed by atoms with van der Waals surface area (Å²) in [5.74, 6) is -1.62. The van der Waals surface area contributed by atoms with E-state index in [-0.39, 0.29) is 17.3 Å². The van der Waals surface area contributed by atoms with Gasteiger partial charge in [-0.3, -0.25) is 14.4 Å². The topological polar surface area (TPSA) is 54.5 Å². The van der Waals surface area contributed by atoms with Crippen molar-refractivity contribution in [3.8, 4) is 0 Å². The second-order valence-corrected chi connectivity index (χ2v) is 11.5. The molecular formula is C36H28FNO3. The first kappa shape index (κ1) is 25.3. The minimum Gasteiger partial charge on any atom is -0.352 e. The number of anilines is 1. The maximum atomic E-state index is 14.7. The molecule has 3 aliphatic rings. The Hall–Kier alpha value is -4.64. The number of carbonyl (C=O) groups excluding carboxylic acids is 3. The van der Waals surface area contributed by atoms with Crippen LogP contribution >= 0.6 is 0 Å². The number of carbonyl (C=O) groups is 3. The summed E-state index contributed by atoms with van der Waals surface area (Å²) in [6, 6.07) is 26.7. The molecule has 1 unspecified atom stereocenters. The van der Waals surface area contributed by atoms with E-state index in [9.17, 15) is 18.8 Å². The first-order chi connectivity index (χ1) is 19.8. The van der Waals surface area contributed by atoms with Crippen LogP contribution in [-0.2, 0) is 0 Å². The summed E-state index contributed by atoms with van der Waals surface area (Å²) < 4.78 is 14.4. The summed E-state index contributed by atoms with van der Waals surface area (Å²) in [4.78, 5) is 45.8. The zero-order valence-corrected chi connectivity index (χ0v) is 22.8. The van der Waals surface area contributed by atoms with Crippen molar-refractivity contribution in [1.29, 1.82) is 0 Å². The van der Waals surface area contributed by atoms with Gasteiger partial charge in [-0.1, -0.05) is 105 Å². The molecule has 0 radical (unpaired) electrons. The largest absolute Gasteiger partial charge is 0.352 e. The van der Waals surface area contributed by atoms with Crippen LogP contribution in [0.15, 0.2) is 103 Å². The predicted molar refractivity (Wildman–Crippen MR) is 157 cm³/mol. The van der Waals surface area contributed by atoms with E-state index in [1.807, 2.05) is 53.4 Å². The first-order valence-electron chi connectivity index (χ1n) is 14.0. The van der Waals surface area contributed by atoms with E-state index in [0.717, 1.165) is 11.1 Å². The van der Waals surface area contributed by atoms with E-state index < -0.39 is 29.2 Å². The molecular weight excluding hydrogens is 513 g/mol. The monoisotopic (exact) mass is 541 g/mol. The van der Waals surface area contributed by atoms with Crippen molar-refractivity contribution in [1.82, 2.24) is 0 Å². The van der Waals surface area contributed by atoms with Crippen molar-refractivity contribution in [2.45, 2.75) is 37.8 Å². The molecule has 202 valence electrons. The molecule has 4 aromatic carbocycles. The number of rotatable bonds is 4. The minimum atomic E-state index is -1.57. The Labute approximate surface area is 238 Å². The van der Waals surface area contributed by atoms with Gasteiger partial charge in [0.15, 0.2) is 17.3 Å². The highest BCUT2D eigenvalue weighted by Crippen LogP contribution is 2.61. The number of Topliss-reactive ketones (excluding diaryl/α,β-unsaturated/α-hetero) is 3. The van der Waals surface area contributed by atoms with Crippen molar-refractivity contribution in [3.63, 3.8) is 0 Å². The number of benzene rings is 4. The van der Waals surface area contributed by atoms with Crippen LogP contribution in [0, 0.1) is 11.2 Å². The Balaban J connectivity index is 1.54. The van der Waals surface area contributed by atoms with E-state index in [4.69, 9.17) is 0 Å². The van der Waals surface area contributed by atoms with Crippen LogP contribution in [-0.4, -0.2) is 29.4 Å². The van der Waals surface area contributed by atoms with Crippen LogP contribution in [0.5, 0.6) is 0 Å². The lowest BCUT2D eigenvalue weighted by atomic mass is 9.64. The standard InChI is InChI=1S/C36H28FNO3/c1-21(2)22-12-14-23(15-13-22)31-32(33(39)24-8-4-3-5-9-24)38-29-18-17-26(37)20-25(29)16-19-30(38)36(31)34(40)27-10-6-7-11-28(27)35(36)41/h3-21,30-32H,1-2H3/t30?,31-,32+/m0/s1. The van der Waals surface area contributed by atoms with Crippen LogP contribution < -0.4 is 4.90 Å². The fourth-order valence-electron chi connectivity index (χ4n) is 7.18. The lowest BCUT2D eigenvalue weighted by Gasteiger charge is -2.37. The zero-order valence-electron chi connectivity index (χ0n) is 22.8. The van der Waals surface area contributed by atoms with Gasteiger partial charge in [-0.05, 0) is 35.2 Å². The van der Waals surface area contributed by atoms with Gasteiger partial charge >= 0.3 is 0 Å². The van der Waals surface area contributed by atoms with E-state index in [1.54, 1.807) is 48.5 Å². The Bertz CT molecular complexity index is 1720. The highest BCUT2D eigenvalue weighted by Gasteiger charge is 2.71. The fourth-order valence-corrected chi connectivity index (χ4v) is 7.18. The summed E-state index contributed by atoms with van der Waals surface area (Å²) in [5, 5.41) is 0. The van der Waals surface area contributed by atoms with Crippen molar-refractivity contribution in [3.05, 3.63) is 142 Å². The molecule has 0 amide bonds. The van der Waals surface area contributed by atoms with E-state index >= 15 is 0 Å². The van der Waals surface area contributed by atoms with E-state index in [0.29, 0.717) is 33.9 Å². The number of hydrogen-bond donors (Lipinski definition) is 0. The quantitative estimate of drug-likeness (QED) is 0.202.